The number of aliphatic hydroxyl groups is 1. The van der Waals surface area contributed by atoms with Gasteiger partial charge in [-0.15, -0.1) is 0 Å². The number of carboxylic acid groups (broad SMARTS) is 1. The van der Waals surface area contributed by atoms with Crippen molar-refractivity contribution >= 4 is 23.6 Å². The number of aryl methyl sites for hydroxylation is 1. The molecule has 1 aromatic heterocycles. The van der Waals surface area contributed by atoms with Gasteiger partial charge in [0, 0.05) is 36.1 Å². The predicted octanol–water partition coefficient (Wildman–Crippen LogP) is 2.50. The molecule has 0 amide bonds. The van der Waals surface area contributed by atoms with Gasteiger partial charge in [0.1, 0.15) is 5.82 Å². The van der Waals surface area contributed by atoms with Crippen LogP contribution in [-0.4, -0.2) is 32.3 Å². The van der Waals surface area contributed by atoms with E-state index < -0.39 is 23.3 Å². The number of benzene rings is 1. The number of carboxylic acids is 1. The number of allylic oxidation sites excluding steroid dienone is 2. The molecule has 25 heavy (non-hydrogen) atoms. The fraction of sp³-hybridized carbons (Fsp3) is 0.0556. The van der Waals surface area contributed by atoms with Crippen molar-refractivity contribution in [3.05, 3.63) is 77.1 Å². The first-order chi connectivity index (χ1) is 11.8. The van der Waals surface area contributed by atoms with E-state index in [0.29, 0.717) is 22.9 Å². The molecule has 2 N–H and O–H groups in total. The monoisotopic (exact) mass is 343 g/mol. The summed E-state index contributed by atoms with van der Waals surface area (Å²) in [5.74, 6) is -4.12. The van der Waals surface area contributed by atoms with Crippen LogP contribution < -0.4 is 0 Å². The molecule has 128 valence electrons. The Bertz CT molecular complexity index is 891. The van der Waals surface area contributed by atoms with Gasteiger partial charge < -0.3 is 14.8 Å². The lowest BCUT2D eigenvalue weighted by atomic mass is 10.1. The molecule has 1 aromatic carbocycles. The average Bonchev–Trinajstić information content (AvgIpc) is 2.93. The van der Waals surface area contributed by atoms with Crippen LogP contribution in [0.4, 0.5) is 4.39 Å². The van der Waals surface area contributed by atoms with Crippen molar-refractivity contribution in [1.29, 1.82) is 0 Å². The van der Waals surface area contributed by atoms with E-state index in [9.17, 15) is 18.8 Å². The third-order valence-electron chi connectivity index (χ3n) is 3.33. The lowest BCUT2D eigenvalue weighted by molar-refractivity contribution is -0.135. The number of aliphatic hydroxyl groups excluding tert-OH is 1. The summed E-state index contributed by atoms with van der Waals surface area (Å²) in [6, 6.07) is 6.68. The minimum atomic E-state index is -1.60. The van der Waals surface area contributed by atoms with Crippen molar-refractivity contribution in [1.82, 2.24) is 4.57 Å². The predicted molar refractivity (Wildman–Crippen MR) is 87.6 cm³/mol. The minimum absolute atomic E-state index is 0.301. The molecular formula is C18H14FNO5. The van der Waals surface area contributed by atoms with Crippen molar-refractivity contribution in [2.24, 2.45) is 7.05 Å². The van der Waals surface area contributed by atoms with Crippen molar-refractivity contribution < 1.29 is 29.0 Å². The zero-order valence-electron chi connectivity index (χ0n) is 13.1. The molecule has 0 bridgehead atoms. The molecule has 0 saturated heterocycles. The molecule has 1 heterocycles. The van der Waals surface area contributed by atoms with Gasteiger partial charge in [-0.05, 0) is 42.5 Å². The molecule has 0 spiro atoms. The van der Waals surface area contributed by atoms with Crippen molar-refractivity contribution in [2.75, 3.05) is 0 Å². The summed E-state index contributed by atoms with van der Waals surface area (Å²) >= 11 is 0. The van der Waals surface area contributed by atoms with Gasteiger partial charge in [0.05, 0.1) is 0 Å². The molecule has 0 atom stereocenters. The number of aromatic nitrogens is 1. The van der Waals surface area contributed by atoms with Crippen molar-refractivity contribution in [2.45, 2.75) is 0 Å². The first kappa shape index (κ1) is 17.9. The van der Waals surface area contributed by atoms with E-state index in [0.717, 1.165) is 6.08 Å². The Hall–Kier alpha value is -3.48. The Morgan fingerprint density at radius 1 is 1.08 bits per heavy atom. The summed E-state index contributed by atoms with van der Waals surface area (Å²) in [4.78, 5) is 34.3. The number of nitrogens with zero attached hydrogens (tertiary/aromatic N) is 1. The maximum absolute atomic E-state index is 12.9. The fourth-order valence-electron chi connectivity index (χ4n) is 2.05. The van der Waals surface area contributed by atoms with E-state index in [2.05, 4.69) is 0 Å². The number of carbonyl (C=O) groups excluding carboxylic acids is 2. The summed E-state index contributed by atoms with van der Waals surface area (Å²) in [6.07, 6.45) is 4.59. The molecule has 0 aliphatic heterocycles. The molecule has 0 aliphatic carbocycles. The summed E-state index contributed by atoms with van der Waals surface area (Å²) in [7, 11) is 1.66. The minimum Gasteiger partial charge on any atom is -0.502 e. The fourth-order valence-corrected chi connectivity index (χ4v) is 2.05. The van der Waals surface area contributed by atoms with Crippen LogP contribution in [-0.2, 0) is 16.6 Å². The van der Waals surface area contributed by atoms with E-state index in [1.54, 1.807) is 17.8 Å². The van der Waals surface area contributed by atoms with Crippen LogP contribution in [0.2, 0.25) is 0 Å². The van der Waals surface area contributed by atoms with Gasteiger partial charge in [0.25, 0.3) is 0 Å². The van der Waals surface area contributed by atoms with E-state index in [-0.39, 0.29) is 5.78 Å². The molecule has 0 fully saturated rings. The quantitative estimate of drug-likeness (QED) is 0.477. The highest BCUT2D eigenvalue weighted by Crippen LogP contribution is 2.15. The van der Waals surface area contributed by atoms with Gasteiger partial charge in [-0.1, -0.05) is 0 Å². The van der Waals surface area contributed by atoms with E-state index in [1.165, 1.54) is 36.4 Å². The van der Waals surface area contributed by atoms with E-state index >= 15 is 0 Å². The number of halogens is 1. The van der Waals surface area contributed by atoms with E-state index in [4.69, 9.17) is 10.2 Å². The zero-order valence-corrected chi connectivity index (χ0v) is 13.1. The summed E-state index contributed by atoms with van der Waals surface area (Å²) in [6.45, 7) is 0. The molecule has 2 aromatic rings. The first-order valence-electron chi connectivity index (χ1n) is 7.10. The van der Waals surface area contributed by atoms with E-state index in [1.807, 2.05) is 0 Å². The second kappa shape index (κ2) is 7.39. The SMILES string of the molecule is Cn1cc(C(=O)c2ccc(F)cc2)cc1/C=C/C(=O)C=C(O)C(=O)O. The lowest BCUT2D eigenvalue weighted by Gasteiger charge is -1.97. The van der Waals surface area contributed by atoms with Crippen LogP contribution in [0, 0.1) is 5.82 Å². The number of hydrogen-bond acceptors (Lipinski definition) is 4. The van der Waals surface area contributed by atoms with Gasteiger partial charge in [-0.2, -0.15) is 0 Å². The maximum Gasteiger partial charge on any atom is 0.371 e. The van der Waals surface area contributed by atoms with Crippen molar-refractivity contribution in [3.8, 4) is 0 Å². The molecule has 0 radical (unpaired) electrons. The second-order valence-electron chi connectivity index (χ2n) is 5.17. The Morgan fingerprint density at radius 3 is 2.32 bits per heavy atom. The smallest absolute Gasteiger partial charge is 0.371 e. The maximum atomic E-state index is 12.9. The van der Waals surface area contributed by atoms with Crippen LogP contribution in [0.3, 0.4) is 0 Å². The highest BCUT2D eigenvalue weighted by atomic mass is 19.1. The van der Waals surface area contributed by atoms with Gasteiger partial charge in [0.2, 0.25) is 5.76 Å². The topological polar surface area (TPSA) is 96.6 Å². The Morgan fingerprint density at radius 2 is 1.72 bits per heavy atom. The summed E-state index contributed by atoms with van der Waals surface area (Å²) < 4.78 is 14.5. The molecule has 7 heteroatoms. The highest BCUT2D eigenvalue weighted by molar-refractivity contribution is 6.09. The molecule has 0 aliphatic rings. The number of carbonyl (C=O) groups is 3. The third-order valence-corrected chi connectivity index (χ3v) is 3.33. The standard InChI is InChI=1S/C18H14FNO5/c1-20-10-12(17(23)11-2-4-13(19)5-3-11)8-14(20)6-7-15(21)9-16(22)18(24)25/h2-10,22H,1H3,(H,24,25)/b7-6+,16-9?. The largest absolute Gasteiger partial charge is 0.502 e. The van der Waals surface area contributed by atoms with Crippen molar-refractivity contribution in [3.63, 3.8) is 0 Å². The van der Waals surface area contributed by atoms with Gasteiger partial charge >= 0.3 is 5.97 Å². The molecular weight excluding hydrogens is 329 g/mol. The highest BCUT2D eigenvalue weighted by Gasteiger charge is 2.12. The number of rotatable bonds is 6. The summed E-state index contributed by atoms with van der Waals surface area (Å²) in [5, 5.41) is 17.5. The summed E-state index contributed by atoms with van der Waals surface area (Å²) in [5.41, 5.74) is 1.19. The molecule has 6 nitrogen and oxygen atoms in total. The normalized spacial score (nSPS) is 11.7. The molecule has 0 unspecified atom stereocenters. The van der Waals surface area contributed by atoms with Gasteiger partial charge in [0.15, 0.2) is 11.6 Å². The third kappa shape index (κ3) is 4.51. The number of aliphatic carboxylic acids is 1. The lowest BCUT2D eigenvalue weighted by Crippen LogP contribution is -2.01. The van der Waals surface area contributed by atoms with Crippen LogP contribution >= 0.6 is 0 Å². The van der Waals surface area contributed by atoms with Crippen LogP contribution in [0.5, 0.6) is 0 Å². The Balaban J connectivity index is 2.20. The Labute approximate surface area is 142 Å². The first-order valence-corrected chi connectivity index (χ1v) is 7.10. The average molecular weight is 343 g/mol. The van der Waals surface area contributed by atoms with Gasteiger partial charge in [-0.3, -0.25) is 9.59 Å². The number of ketones is 2. The van der Waals surface area contributed by atoms with Gasteiger partial charge in [-0.25, -0.2) is 9.18 Å². The molecule has 2 rings (SSSR count). The Kier molecular flexibility index (Phi) is 5.28. The van der Waals surface area contributed by atoms with Crippen LogP contribution in [0.25, 0.3) is 6.08 Å². The van der Waals surface area contributed by atoms with Crippen LogP contribution in [0.15, 0.2) is 54.4 Å². The second-order valence-corrected chi connectivity index (χ2v) is 5.17. The molecule has 0 saturated carbocycles. The number of hydrogen-bond donors (Lipinski definition) is 2. The zero-order chi connectivity index (χ0) is 18.6. The van der Waals surface area contributed by atoms with Crippen LogP contribution in [0.1, 0.15) is 21.6 Å².